The van der Waals surface area contributed by atoms with Crippen LogP contribution in [0.2, 0.25) is 0 Å². The third-order valence-corrected chi connectivity index (χ3v) is 5.06. The Bertz CT molecular complexity index is 691. The molecule has 0 unspecified atom stereocenters. The lowest BCUT2D eigenvalue weighted by molar-refractivity contribution is 0.567. The van der Waals surface area contributed by atoms with Crippen LogP contribution in [0.5, 0.6) is 0 Å². The number of aromatic nitrogens is 2. The summed E-state index contributed by atoms with van der Waals surface area (Å²) in [5, 5.41) is 0. The largest absolute Gasteiger partial charge is 0.368 e. The Morgan fingerprint density at radius 1 is 0.720 bits per heavy atom. The molecule has 0 amide bonds. The fraction of sp³-hybridized carbons (Fsp3) is 0.474. The zero-order valence-electron chi connectivity index (χ0n) is 14.4. The van der Waals surface area contributed by atoms with Crippen molar-refractivity contribution in [2.45, 2.75) is 19.3 Å². The highest BCUT2D eigenvalue weighted by atomic mass is 19.1. The molecule has 0 spiro atoms. The first-order valence-corrected chi connectivity index (χ1v) is 9.13. The van der Waals surface area contributed by atoms with Gasteiger partial charge in [-0.2, -0.15) is 4.98 Å². The molecule has 2 aromatic rings. The number of hydrogen-bond acceptors (Lipinski definition) is 5. The van der Waals surface area contributed by atoms with Crippen LogP contribution in [0.1, 0.15) is 19.3 Å². The minimum Gasteiger partial charge on any atom is -0.368 e. The van der Waals surface area contributed by atoms with Crippen LogP contribution in [0.3, 0.4) is 0 Å². The number of benzene rings is 1. The van der Waals surface area contributed by atoms with E-state index in [0.717, 1.165) is 56.7 Å². The normalized spacial score (nSPS) is 18.5. The first-order valence-electron chi connectivity index (χ1n) is 9.13. The number of nitrogens with zero attached hydrogens (tertiary/aromatic N) is 5. The maximum Gasteiger partial charge on any atom is 0.227 e. The van der Waals surface area contributed by atoms with Gasteiger partial charge in [0.1, 0.15) is 11.6 Å². The second-order valence-corrected chi connectivity index (χ2v) is 6.71. The summed E-state index contributed by atoms with van der Waals surface area (Å²) in [6, 6.07) is 8.75. The van der Waals surface area contributed by atoms with Gasteiger partial charge in [0.15, 0.2) is 0 Å². The van der Waals surface area contributed by atoms with Crippen LogP contribution >= 0.6 is 0 Å². The Morgan fingerprint density at radius 3 is 2.12 bits per heavy atom. The van der Waals surface area contributed by atoms with Gasteiger partial charge in [-0.25, -0.2) is 9.37 Å². The highest BCUT2D eigenvalue weighted by Gasteiger charge is 2.20. The van der Waals surface area contributed by atoms with E-state index >= 15 is 0 Å². The number of rotatable bonds is 3. The summed E-state index contributed by atoms with van der Waals surface area (Å²) in [7, 11) is 0. The maximum atomic E-state index is 13.1. The van der Waals surface area contributed by atoms with Crippen molar-refractivity contribution < 1.29 is 4.39 Å². The zero-order chi connectivity index (χ0) is 17.1. The molecule has 6 heteroatoms. The Hall–Kier alpha value is -2.37. The minimum absolute atomic E-state index is 0.186. The summed E-state index contributed by atoms with van der Waals surface area (Å²) in [6.45, 7) is 5.76. The van der Waals surface area contributed by atoms with Gasteiger partial charge in [0.25, 0.3) is 0 Å². The molecule has 3 heterocycles. The minimum atomic E-state index is -0.186. The van der Waals surface area contributed by atoms with Crippen molar-refractivity contribution in [3.8, 4) is 0 Å². The monoisotopic (exact) mass is 341 g/mol. The van der Waals surface area contributed by atoms with Crippen LogP contribution in [0.4, 0.5) is 21.8 Å². The lowest BCUT2D eigenvalue weighted by Crippen LogP contribution is -2.47. The van der Waals surface area contributed by atoms with Crippen LogP contribution in [-0.2, 0) is 0 Å². The Kier molecular flexibility index (Phi) is 4.68. The van der Waals surface area contributed by atoms with Crippen molar-refractivity contribution in [1.29, 1.82) is 0 Å². The maximum absolute atomic E-state index is 13.1. The van der Waals surface area contributed by atoms with Crippen molar-refractivity contribution >= 4 is 17.5 Å². The molecular formula is C19H24FN5. The van der Waals surface area contributed by atoms with Crippen LogP contribution < -0.4 is 14.7 Å². The average molecular weight is 341 g/mol. The molecule has 1 aromatic heterocycles. The molecule has 5 nitrogen and oxygen atoms in total. The summed E-state index contributed by atoms with van der Waals surface area (Å²) in [6.07, 6.45) is 5.63. The molecule has 0 atom stereocenters. The second-order valence-electron chi connectivity index (χ2n) is 6.71. The lowest BCUT2D eigenvalue weighted by Gasteiger charge is -2.37. The molecular weight excluding hydrogens is 317 g/mol. The quantitative estimate of drug-likeness (QED) is 0.858. The topological polar surface area (TPSA) is 35.5 Å². The highest BCUT2D eigenvalue weighted by molar-refractivity contribution is 5.50. The predicted octanol–water partition coefficient (Wildman–Crippen LogP) is 2.93. The predicted molar refractivity (Wildman–Crippen MR) is 98.9 cm³/mol. The van der Waals surface area contributed by atoms with E-state index in [-0.39, 0.29) is 5.82 Å². The van der Waals surface area contributed by atoms with E-state index in [1.165, 1.54) is 31.4 Å². The first-order chi connectivity index (χ1) is 12.3. The van der Waals surface area contributed by atoms with Crippen molar-refractivity contribution in [3.63, 3.8) is 0 Å². The smallest absolute Gasteiger partial charge is 0.227 e. The molecule has 2 fully saturated rings. The van der Waals surface area contributed by atoms with Gasteiger partial charge in [-0.15, -0.1) is 0 Å². The van der Waals surface area contributed by atoms with Gasteiger partial charge in [0.2, 0.25) is 5.95 Å². The van der Waals surface area contributed by atoms with Gasteiger partial charge in [0.05, 0.1) is 0 Å². The number of piperidine rings is 1. The Morgan fingerprint density at radius 2 is 1.40 bits per heavy atom. The van der Waals surface area contributed by atoms with Crippen molar-refractivity contribution in [2.24, 2.45) is 0 Å². The Labute approximate surface area is 148 Å². The van der Waals surface area contributed by atoms with E-state index in [9.17, 15) is 4.39 Å². The van der Waals surface area contributed by atoms with Crippen LogP contribution in [-0.4, -0.2) is 49.2 Å². The van der Waals surface area contributed by atoms with E-state index in [2.05, 4.69) is 19.7 Å². The van der Waals surface area contributed by atoms with Crippen LogP contribution in [0.15, 0.2) is 36.5 Å². The fourth-order valence-corrected chi connectivity index (χ4v) is 3.61. The van der Waals surface area contributed by atoms with Crippen molar-refractivity contribution in [3.05, 3.63) is 42.3 Å². The molecule has 1 aromatic carbocycles. The van der Waals surface area contributed by atoms with Gasteiger partial charge < -0.3 is 14.7 Å². The number of halogens is 1. The summed E-state index contributed by atoms with van der Waals surface area (Å²) < 4.78 is 13.1. The van der Waals surface area contributed by atoms with Gasteiger partial charge in [-0.1, -0.05) is 0 Å². The molecule has 0 N–H and O–H groups in total. The second kappa shape index (κ2) is 7.25. The van der Waals surface area contributed by atoms with E-state index in [4.69, 9.17) is 4.98 Å². The zero-order valence-corrected chi connectivity index (χ0v) is 14.4. The molecule has 2 saturated heterocycles. The highest BCUT2D eigenvalue weighted by Crippen LogP contribution is 2.22. The molecule has 2 aliphatic heterocycles. The SMILES string of the molecule is Fc1ccc(N2CCN(c3ccnc(N4CCCCC4)n3)CC2)cc1. The number of piperazine rings is 1. The molecule has 4 rings (SSSR count). The molecule has 0 bridgehead atoms. The van der Waals surface area contributed by atoms with E-state index < -0.39 is 0 Å². The molecule has 132 valence electrons. The van der Waals surface area contributed by atoms with E-state index in [0.29, 0.717) is 0 Å². The summed E-state index contributed by atoms with van der Waals surface area (Å²) in [5.41, 5.74) is 1.08. The van der Waals surface area contributed by atoms with Gasteiger partial charge in [-0.05, 0) is 49.6 Å². The average Bonchev–Trinajstić information content (AvgIpc) is 2.70. The first kappa shape index (κ1) is 16.1. The molecule has 25 heavy (non-hydrogen) atoms. The third-order valence-electron chi connectivity index (χ3n) is 5.06. The number of anilines is 3. The van der Waals surface area contributed by atoms with Crippen LogP contribution in [0.25, 0.3) is 0 Å². The van der Waals surface area contributed by atoms with E-state index in [1.54, 1.807) is 0 Å². The van der Waals surface area contributed by atoms with Crippen LogP contribution in [0, 0.1) is 5.82 Å². The van der Waals surface area contributed by atoms with E-state index in [1.807, 2.05) is 24.4 Å². The molecule has 2 aliphatic rings. The van der Waals surface area contributed by atoms with Gasteiger partial charge >= 0.3 is 0 Å². The summed E-state index contributed by atoms with van der Waals surface area (Å²) in [5.74, 6) is 1.68. The third kappa shape index (κ3) is 3.67. The summed E-state index contributed by atoms with van der Waals surface area (Å²) >= 11 is 0. The lowest BCUT2D eigenvalue weighted by atomic mass is 10.1. The number of hydrogen-bond donors (Lipinski definition) is 0. The summed E-state index contributed by atoms with van der Waals surface area (Å²) in [4.78, 5) is 16.2. The van der Waals surface area contributed by atoms with Crippen molar-refractivity contribution in [1.82, 2.24) is 9.97 Å². The van der Waals surface area contributed by atoms with Crippen molar-refractivity contribution in [2.75, 3.05) is 54.0 Å². The fourth-order valence-electron chi connectivity index (χ4n) is 3.61. The Balaban J connectivity index is 1.41. The molecule has 0 aliphatic carbocycles. The molecule has 0 saturated carbocycles. The van der Waals surface area contributed by atoms with Gasteiger partial charge in [0, 0.05) is 51.2 Å². The standard InChI is InChI=1S/C19H24FN5/c20-16-4-6-17(7-5-16)23-12-14-24(15-13-23)18-8-9-21-19(22-18)25-10-2-1-3-11-25/h4-9H,1-3,10-15H2. The molecule has 0 radical (unpaired) electrons. The van der Waals surface area contributed by atoms with Gasteiger partial charge in [-0.3, -0.25) is 0 Å².